The maximum Gasteiger partial charge on any atom is 0.168 e. The first-order valence-electron chi connectivity index (χ1n) is 11.7. The van der Waals surface area contributed by atoms with Crippen molar-refractivity contribution >= 4 is 5.76 Å². The molecule has 0 bridgehead atoms. The Morgan fingerprint density at radius 2 is 1.73 bits per heavy atom. The third kappa shape index (κ3) is 4.94. The summed E-state index contributed by atoms with van der Waals surface area (Å²) in [6.45, 7) is 11.1. The molecule has 5 nitrogen and oxygen atoms in total. The molecule has 0 aromatic heterocycles. The zero-order valence-corrected chi connectivity index (χ0v) is 19.1. The molecule has 0 saturated heterocycles. The van der Waals surface area contributed by atoms with Gasteiger partial charge in [-0.15, -0.1) is 0 Å². The number of rotatable bonds is 14. The molecule has 1 fully saturated rings. The lowest BCUT2D eigenvalue weighted by molar-refractivity contribution is -0.175. The highest BCUT2D eigenvalue weighted by Crippen LogP contribution is 2.48. The summed E-state index contributed by atoms with van der Waals surface area (Å²) in [5.74, 6) is 2.80. The van der Waals surface area contributed by atoms with E-state index in [2.05, 4.69) is 19.1 Å². The average molecular weight is 419 g/mol. The number of ether oxygens (including phenoxy) is 5. The van der Waals surface area contributed by atoms with E-state index in [9.17, 15) is 0 Å². The van der Waals surface area contributed by atoms with Gasteiger partial charge in [0.25, 0.3) is 0 Å². The van der Waals surface area contributed by atoms with Crippen LogP contribution in [0.15, 0.2) is 24.0 Å². The van der Waals surface area contributed by atoms with E-state index in [1.165, 1.54) is 12.0 Å². The molecular formula is C25H38O5. The molecule has 1 aromatic carbocycles. The first-order valence-corrected chi connectivity index (χ1v) is 11.7. The van der Waals surface area contributed by atoms with E-state index in [4.69, 9.17) is 23.7 Å². The van der Waals surface area contributed by atoms with E-state index < -0.39 is 0 Å². The molecule has 168 valence electrons. The minimum absolute atomic E-state index is 0.0807. The lowest BCUT2D eigenvalue weighted by atomic mass is 9.78. The molecule has 0 heterocycles. The van der Waals surface area contributed by atoms with Crippen LogP contribution < -0.4 is 4.74 Å². The van der Waals surface area contributed by atoms with Crippen molar-refractivity contribution in [3.05, 3.63) is 35.1 Å². The second-order valence-electron chi connectivity index (χ2n) is 7.97. The first kappa shape index (κ1) is 23.0. The van der Waals surface area contributed by atoms with E-state index in [0.717, 1.165) is 54.9 Å². The molecule has 2 aliphatic rings. The number of benzene rings is 1. The summed E-state index contributed by atoms with van der Waals surface area (Å²) in [5, 5.41) is 0. The fourth-order valence-corrected chi connectivity index (χ4v) is 4.46. The lowest BCUT2D eigenvalue weighted by Gasteiger charge is -2.40. The van der Waals surface area contributed by atoms with Crippen LogP contribution in [0.25, 0.3) is 5.76 Å². The number of hydrogen-bond acceptors (Lipinski definition) is 5. The van der Waals surface area contributed by atoms with Crippen molar-refractivity contribution < 1.29 is 23.7 Å². The van der Waals surface area contributed by atoms with Crippen molar-refractivity contribution in [3.63, 3.8) is 0 Å². The van der Waals surface area contributed by atoms with Gasteiger partial charge in [0.15, 0.2) is 5.76 Å². The summed E-state index contributed by atoms with van der Waals surface area (Å²) in [4.78, 5) is 0. The molecule has 0 spiro atoms. The van der Waals surface area contributed by atoms with Crippen LogP contribution in [0.4, 0.5) is 0 Å². The largest absolute Gasteiger partial charge is 0.494 e. The third-order valence-electron chi connectivity index (χ3n) is 6.23. The topological polar surface area (TPSA) is 46.2 Å². The van der Waals surface area contributed by atoms with Crippen LogP contribution >= 0.6 is 0 Å². The van der Waals surface area contributed by atoms with Gasteiger partial charge in [-0.25, -0.2) is 0 Å². The second kappa shape index (κ2) is 11.1. The van der Waals surface area contributed by atoms with Crippen LogP contribution in [0.3, 0.4) is 0 Å². The first-order chi connectivity index (χ1) is 14.7. The molecule has 0 radical (unpaired) electrons. The molecule has 5 heteroatoms. The van der Waals surface area contributed by atoms with Gasteiger partial charge in [-0.2, -0.15) is 0 Å². The summed E-state index contributed by atoms with van der Waals surface area (Å²) in [5.41, 5.74) is 2.36. The van der Waals surface area contributed by atoms with Gasteiger partial charge in [0.05, 0.1) is 31.0 Å². The molecule has 1 atom stereocenters. The molecule has 1 unspecified atom stereocenters. The van der Waals surface area contributed by atoms with Gasteiger partial charge in [-0.1, -0.05) is 19.1 Å². The Balaban J connectivity index is 1.63. The Morgan fingerprint density at radius 3 is 2.37 bits per heavy atom. The molecule has 1 aromatic rings. The van der Waals surface area contributed by atoms with Gasteiger partial charge in [0, 0.05) is 12.5 Å². The van der Waals surface area contributed by atoms with Crippen molar-refractivity contribution in [1.82, 2.24) is 0 Å². The van der Waals surface area contributed by atoms with Crippen molar-refractivity contribution in [2.45, 2.75) is 77.7 Å². The molecule has 1 saturated carbocycles. The summed E-state index contributed by atoms with van der Waals surface area (Å²) in [7, 11) is 0. The standard InChI is InChI=1S/C25H38O5/c1-5-25(15-11-16-25)30-18-26-17-10-13-20-19-12-9-14-21(27-6-2)22(19)24(29-8-4)23(20)28-7-3/h9,12,14,20H,5-8,10-11,13,15-18H2,1-4H3. The van der Waals surface area contributed by atoms with Gasteiger partial charge in [-0.3, -0.25) is 0 Å². The zero-order valence-electron chi connectivity index (χ0n) is 19.1. The fraction of sp³-hybridized carbons (Fsp3) is 0.680. The number of hydrogen-bond donors (Lipinski definition) is 0. The maximum atomic E-state index is 6.09. The van der Waals surface area contributed by atoms with Crippen molar-refractivity contribution in [3.8, 4) is 5.75 Å². The van der Waals surface area contributed by atoms with Gasteiger partial charge in [-0.05, 0) is 70.9 Å². The molecule has 0 aliphatic heterocycles. The van der Waals surface area contributed by atoms with Crippen molar-refractivity contribution in [1.29, 1.82) is 0 Å². The SMILES string of the molecule is CCOC1=C(OCC)C(CCCOCOC2(CC)CCC2)c2cccc(OCC)c21. The van der Waals surface area contributed by atoms with Crippen LogP contribution in [-0.2, 0) is 18.9 Å². The predicted molar refractivity (Wildman–Crippen MR) is 119 cm³/mol. The predicted octanol–water partition coefficient (Wildman–Crippen LogP) is 6.03. The average Bonchev–Trinajstić information content (AvgIpc) is 3.01. The van der Waals surface area contributed by atoms with Gasteiger partial charge >= 0.3 is 0 Å². The quantitative estimate of drug-likeness (QED) is 0.273. The minimum atomic E-state index is 0.0807. The van der Waals surface area contributed by atoms with Gasteiger partial charge in [0.2, 0.25) is 0 Å². The van der Waals surface area contributed by atoms with Crippen molar-refractivity contribution in [2.24, 2.45) is 0 Å². The molecular weight excluding hydrogens is 380 g/mol. The van der Waals surface area contributed by atoms with Crippen molar-refractivity contribution in [2.75, 3.05) is 33.2 Å². The summed E-state index contributed by atoms with van der Waals surface area (Å²) < 4.78 is 29.9. The van der Waals surface area contributed by atoms with E-state index in [-0.39, 0.29) is 11.5 Å². The van der Waals surface area contributed by atoms with Crippen LogP contribution in [0.5, 0.6) is 5.75 Å². The normalized spacial score (nSPS) is 19.4. The Labute approximate surface area is 181 Å². The lowest BCUT2D eigenvalue weighted by Crippen LogP contribution is -2.40. The van der Waals surface area contributed by atoms with Crippen LogP contribution in [0, 0.1) is 0 Å². The third-order valence-corrected chi connectivity index (χ3v) is 6.23. The molecule has 30 heavy (non-hydrogen) atoms. The molecule has 3 rings (SSSR count). The monoisotopic (exact) mass is 418 g/mol. The van der Waals surface area contributed by atoms with E-state index in [0.29, 0.717) is 33.2 Å². The minimum Gasteiger partial charge on any atom is -0.494 e. The van der Waals surface area contributed by atoms with E-state index >= 15 is 0 Å². The van der Waals surface area contributed by atoms with Crippen LogP contribution in [0.2, 0.25) is 0 Å². The fourth-order valence-electron chi connectivity index (χ4n) is 4.46. The van der Waals surface area contributed by atoms with Gasteiger partial charge < -0.3 is 23.7 Å². The second-order valence-corrected chi connectivity index (χ2v) is 7.97. The summed E-state index contributed by atoms with van der Waals surface area (Å²) >= 11 is 0. The molecule has 2 aliphatic carbocycles. The Kier molecular flexibility index (Phi) is 8.46. The summed E-state index contributed by atoms with van der Waals surface area (Å²) in [6.07, 6.45) is 6.54. The number of allylic oxidation sites excluding steroid dienone is 1. The number of fused-ring (bicyclic) bond motifs is 1. The highest BCUT2D eigenvalue weighted by atomic mass is 16.7. The Morgan fingerprint density at radius 1 is 0.967 bits per heavy atom. The summed E-state index contributed by atoms with van der Waals surface area (Å²) in [6, 6.07) is 6.24. The van der Waals surface area contributed by atoms with E-state index in [1.54, 1.807) is 0 Å². The molecule has 0 N–H and O–H groups in total. The van der Waals surface area contributed by atoms with Crippen LogP contribution in [0.1, 0.15) is 83.3 Å². The maximum absolute atomic E-state index is 6.09. The Bertz CT molecular complexity index is 702. The zero-order chi connectivity index (χ0) is 21.4. The molecule has 0 amide bonds. The highest BCUT2D eigenvalue weighted by molar-refractivity contribution is 5.77. The highest BCUT2D eigenvalue weighted by Gasteiger charge is 2.37. The smallest absolute Gasteiger partial charge is 0.168 e. The Hall–Kier alpha value is -1.72. The van der Waals surface area contributed by atoms with Gasteiger partial charge in [0.1, 0.15) is 18.3 Å². The van der Waals surface area contributed by atoms with E-state index in [1.807, 2.05) is 26.8 Å². The van der Waals surface area contributed by atoms with Crippen LogP contribution in [-0.4, -0.2) is 38.8 Å².